The van der Waals surface area contributed by atoms with E-state index in [4.69, 9.17) is 16.6 Å². The zero-order valence-corrected chi connectivity index (χ0v) is 18.2. The van der Waals surface area contributed by atoms with Crippen LogP contribution in [0.2, 0.25) is 0 Å². The maximum Gasteiger partial charge on any atom is 0.322 e. The van der Waals surface area contributed by atoms with Crippen LogP contribution in [0.25, 0.3) is 0 Å². The van der Waals surface area contributed by atoms with Crippen molar-refractivity contribution in [3.05, 3.63) is 35.9 Å². The van der Waals surface area contributed by atoms with Crippen molar-refractivity contribution >= 4 is 29.6 Å². The summed E-state index contributed by atoms with van der Waals surface area (Å²) in [5.41, 5.74) is 11.8. The molecule has 0 radical (unpaired) electrons. The molecule has 0 aromatic heterocycles. The van der Waals surface area contributed by atoms with E-state index in [1.54, 1.807) is 30.3 Å². The summed E-state index contributed by atoms with van der Waals surface area (Å²) >= 11 is 0. The molecule has 176 valence electrons. The Hall–Kier alpha value is -3.47. The highest BCUT2D eigenvalue weighted by molar-refractivity contribution is 5.96. The topological polar surface area (TPSA) is 194 Å². The number of hydrogen-bond acceptors (Lipinski definition) is 6. The summed E-state index contributed by atoms with van der Waals surface area (Å²) in [6, 6.07) is 5.35. The molecule has 0 fully saturated rings. The van der Waals surface area contributed by atoms with E-state index in [-0.39, 0.29) is 12.3 Å². The summed E-state index contributed by atoms with van der Waals surface area (Å²) in [5, 5.41) is 15.9. The van der Waals surface area contributed by atoms with Crippen molar-refractivity contribution in [1.82, 2.24) is 16.0 Å². The third kappa shape index (κ3) is 10.0. The molecule has 32 heavy (non-hydrogen) atoms. The van der Waals surface area contributed by atoms with Gasteiger partial charge < -0.3 is 32.5 Å². The molecule has 0 saturated heterocycles. The van der Waals surface area contributed by atoms with Crippen LogP contribution in [0, 0.1) is 5.92 Å². The fourth-order valence-electron chi connectivity index (χ4n) is 2.92. The number of carboxylic acid groups (broad SMARTS) is 1. The number of rotatable bonds is 13. The largest absolute Gasteiger partial charge is 0.480 e. The average molecular weight is 450 g/mol. The Bertz CT molecular complexity index is 814. The van der Waals surface area contributed by atoms with E-state index in [9.17, 15) is 24.0 Å². The Morgan fingerprint density at radius 1 is 0.938 bits per heavy atom. The molecule has 0 aliphatic carbocycles. The Balaban J connectivity index is 2.98. The first-order valence-corrected chi connectivity index (χ1v) is 10.2. The second-order valence-corrected chi connectivity index (χ2v) is 7.83. The van der Waals surface area contributed by atoms with Gasteiger partial charge in [0.2, 0.25) is 23.6 Å². The fraction of sp³-hybridized carbons (Fsp3) is 0.476. The summed E-state index contributed by atoms with van der Waals surface area (Å²) in [5.74, 6) is -4.13. The summed E-state index contributed by atoms with van der Waals surface area (Å²) in [6.45, 7) is 3.13. The summed E-state index contributed by atoms with van der Waals surface area (Å²) in [6.07, 6.45) is -0.0755. The number of carbonyl (C=O) groups excluding carboxylic acids is 4. The predicted molar refractivity (Wildman–Crippen MR) is 116 cm³/mol. The highest BCUT2D eigenvalue weighted by atomic mass is 16.4. The molecule has 1 rings (SSSR count). The van der Waals surface area contributed by atoms with Crippen LogP contribution in [0.4, 0.5) is 0 Å². The van der Waals surface area contributed by atoms with E-state index in [2.05, 4.69) is 16.0 Å². The molecule has 0 aliphatic heterocycles. The number of hydrogen-bond donors (Lipinski definition) is 6. The van der Waals surface area contributed by atoms with E-state index >= 15 is 0 Å². The Kier molecular flexibility index (Phi) is 10.8. The van der Waals surface area contributed by atoms with Crippen molar-refractivity contribution in [2.75, 3.05) is 6.54 Å². The minimum Gasteiger partial charge on any atom is -0.480 e. The molecule has 0 bridgehead atoms. The third-order valence-corrected chi connectivity index (χ3v) is 4.43. The molecule has 11 heteroatoms. The number of carboxylic acids is 1. The van der Waals surface area contributed by atoms with Crippen molar-refractivity contribution in [3.63, 3.8) is 0 Å². The molecular formula is C21H31N5O6. The summed E-state index contributed by atoms with van der Waals surface area (Å²) in [7, 11) is 0. The van der Waals surface area contributed by atoms with Crippen molar-refractivity contribution in [2.45, 2.75) is 51.2 Å². The predicted octanol–water partition coefficient (Wildman–Crippen LogP) is -1.35. The number of amides is 4. The molecule has 0 spiro atoms. The first kappa shape index (κ1) is 26.6. The summed E-state index contributed by atoms with van der Waals surface area (Å²) < 4.78 is 0. The molecule has 0 heterocycles. The zero-order chi connectivity index (χ0) is 24.3. The number of benzene rings is 1. The Morgan fingerprint density at radius 3 is 2.06 bits per heavy atom. The van der Waals surface area contributed by atoms with Crippen LogP contribution in [-0.4, -0.2) is 59.4 Å². The van der Waals surface area contributed by atoms with Crippen molar-refractivity contribution < 1.29 is 29.1 Å². The first-order valence-electron chi connectivity index (χ1n) is 10.2. The molecule has 0 aliphatic rings. The normalized spacial score (nSPS) is 13.5. The van der Waals surface area contributed by atoms with Gasteiger partial charge in [0.05, 0.1) is 12.5 Å². The lowest BCUT2D eigenvalue weighted by Crippen LogP contribution is -2.57. The monoisotopic (exact) mass is 449 g/mol. The van der Waals surface area contributed by atoms with Gasteiger partial charge in [-0.05, 0) is 17.9 Å². The number of primary amides is 1. The van der Waals surface area contributed by atoms with Gasteiger partial charge >= 0.3 is 5.97 Å². The molecule has 0 saturated carbocycles. The van der Waals surface area contributed by atoms with Crippen LogP contribution >= 0.6 is 0 Å². The second-order valence-electron chi connectivity index (χ2n) is 7.83. The third-order valence-electron chi connectivity index (χ3n) is 4.43. The van der Waals surface area contributed by atoms with Crippen LogP contribution in [-0.2, 0) is 30.4 Å². The van der Waals surface area contributed by atoms with Gasteiger partial charge in [-0.2, -0.15) is 0 Å². The maximum absolute atomic E-state index is 12.8. The second kappa shape index (κ2) is 13.1. The number of carbonyl (C=O) groups is 5. The Labute approximate surface area is 186 Å². The van der Waals surface area contributed by atoms with E-state index in [0.717, 1.165) is 0 Å². The first-order chi connectivity index (χ1) is 15.0. The van der Waals surface area contributed by atoms with E-state index in [1.165, 1.54) is 0 Å². The van der Waals surface area contributed by atoms with Gasteiger partial charge in [0, 0.05) is 6.42 Å². The highest BCUT2D eigenvalue weighted by Gasteiger charge is 2.29. The minimum atomic E-state index is -1.34. The van der Waals surface area contributed by atoms with Crippen LogP contribution in [0.15, 0.2) is 30.3 Å². The van der Waals surface area contributed by atoms with Gasteiger partial charge in [-0.1, -0.05) is 44.2 Å². The molecular weight excluding hydrogens is 418 g/mol. The number of nitrogens with one attached hydrogen (secondary N) is 3. The van der Waals surface area contributed by atoms with E-state index in [0.29, 0.717) is 12.0 Å². The average Bonchev–Trinajstić information content (AvgIpc) is 2.70. The van der Waals surface area contributed by atoms with Gasteiger partial charge in [0.25, 0.3) is 0 Å². The van der Waals surface area contributed by atoms with E-state index < -0.39 is 60.7 Å². The molecule has 1 aromatic rings. The van der Waals surface area contributed by atoms with Crippen molar-refractivity contribution in [3.8, 4) is 0 Å². The molecule has 3 atom stereocenters. The molecule has 4 amide bonds. The lowest BCUT2D eigenvalue weighted by molar-refractivity contribution is -0.138. The minimum absolute atomic E-state index is 0.0577. The number of nitrogens with two attached hydrogens (primary N) is 2. The lowest BCUT2D eigenvalue weighted by Gasteiger charge is -2.24. The van der Waals surface area contributed by atoms with Crippen molar-refractivity contribution in [1.29, 1.82) is 0 Å². The Morgan fingerprint density at radius 2 is 1.53 bits per heavy atom. The SMILES string of the molecule is CC(C)CC(N)C(=O)NC(CC(N)=O)C(=O)NC(Cc1ccccc1)C(=O)NCC(=O)O. The summed E-state index contributed by atoms with van der Waals surface area (Å²) in [4.78, 5) is 59.9. The quantitative estimate of drug-likeness (QED) is 0.214. The van der Waals surface area contributed by atoms with Gasteiger partial charge in [-0.25, -0.2) is 0 Å². The molecule has 11 nitrogen and oxygen atoms in total. The standard InChI is InChI=1S/C21H31N5O6/c1-12(2)8-14(22)19(30)25-16(10-17(23)27)21(32)26-15(20(31)24-11-18(28)29)9-13-6-4-3-5-7-13/h3-7,12,14-16H,8-11,22H2,1-2H3,(H2,23,27)(H,24,31)(H,25,30)(H,26,32)(H,28,29). The molecule has 3 unspecified atom stereocenters. The van der Waals surface area contributed by atoms with Gasteiger partial charge in [-0.15, -0.1) is 0 Å². The van der Waals surface area contributed by atoms with E-state index in [1.807, 2.05) is 13.8 Å². The lowest BCUT2D eigenvalue weighted by atomic mass is 10.0. The van der Waals surface area contributed by atoms with Crippen LogP contribution in [0.1, 0.15) is 32.3 Å². The van der Waals surface area contributed by atoms with Crippen LogP contribution < -0.4 is 27.4 Å². The zero-order valence-electron chi connectivity index (χ0n) is 18.2. The van der Waals surface area contributed by atoms with Gasteiger partial charge in [0.1, 0.15) is 18.6 Å². The molecule has 8 N–H and O–H groups in total. The van der Waals surface area contributed by atoms with Gasteiger partial charge in [0.15, 0.2) is 0 Å². The number of aliphatic carboxylic acids is 1. The fourth-order valence-corrected chi connectivity index (χ4v) is 2.92. The smallest absolute Gasteiger partial charge is 0.322 e. The van der Waals surface area contributed by atoms with Crippen molar-refractivity contribution in [2.24, 2.45) is 17.4 Å². The highest BCUT2D eigenvalue weighted by Crippen LogP contribution is 2.06. The van der Waals surface area contributed by atoms with Crippen LogP contribution in [0.3, 0.4) is 0 Å². The van der Waals surface area contributed by atoms with Crippen LogP contribution in [0.5, 0.6) is 0 Å². The molecule has 1 aromatic carbocycles. The maximum atomic E-state index is 12.8. The van der Waals surface area contributed by atoms with Gasteiger partial charge in [-0.3, -0.25) is 24.0 Å².